The van der Waals surface area contributed by atoms with Crippen LogP contribution in [-0.4, -0.2) is 12.1 Å². The Kier molecular flexibility index (Phi) is 16.1. The van der Waals surface area contributed by atoms with E-state index in [1.165, 1.54) is 38.5 Å². The lowest BCUT2D eigenvalue weighted by Crippen LogP contribution is -2.10. The summed E-state index contributed by atoms with van der Waals surface area (Å²) in [6, 6.07) is 0. The molecule has 0 heterocycles. The van der Waals surface area contributed by atoms with Crippen molar-refractivity contribution in [3.8, 4) is 0 Å². The second-order valence-corrected chi connectivity index (χ2v) is 6.23. The lowest BCUT2D eigenvalue weighted by atomic mass is 10.1. The number of hydrogen-bond acceptors (Lipinski definition) is 2. The maximum absolute atomic E-state index is 11.3. The van der Waals surface area contributed by atoms with Gasteiger partial charge in [0.05, 0.1) is 6.10 Å². The topological polar surface area (TPSA) is 26.3 Å². The van der Waals surface area contributed by atoms with Crippen LogP contribution in [-0.2, 0) is 9.53 Å². The molecular weight excluding hydrogens is 284 g/mol. The van der Waals surface area contributed by atoms with Gasteiger partial charge in [-0.3, -0.25) is 4.79 Å². The maximum Gasteiger partial charge on any atom is 0.306 e. The van der Waals surface area contributed by atoms with Gasteiger partial charge in [0.15, 0.2) is 0 Å². The van der Waals surface area contributed by atoms with Crippen molar-refractivity contribution in [2.75, 3.05) is 0 Å². The van der Waals surface area contributed by atoms with Gasteiger partial charge >= 0.3 is 5.97 Å². The predicted octanol–water partition coefficient (Wildman–Crippen LogP) is 6.53. The SMILES string of the molecule is CCCC/C=C/C=C/C=C\CCCCCCCC(=O)OC(C)C. The fourth-order valence-electron chi connectivity index (χ4n) is 2.18. The molecule has 0 amide bonds. The van der Waals surface area contributed by atoms with Crippen LogP contribution in [0.4, 0.5) is 0 Å². The first-order valence-corrected chi connectivity index (χ1v) is 9.34. The molecule has 0 radical (unpaired) electrons. The fraction of sp³-hybridized carbons (Fsp3) is 0.667. The summed E-state index contributed by atoms with van der Waals surface area (Å²) in [5, 5.41) is 0. The van der Waals surface area contributed by atoms with Crippen LogP contribution in [0.5, 0.6) is 0 Å². The first-order valence-electron chi connectivity index (χ1n) is 9.34. The summed E-state index contributed by atoms with van der Waals surface area (Å²) in [6.07, 6.45) is 24.1. The molecule has 23 heavy (non-hydrogen) atoms. The first kappa shape index (κ1) is 21.7. The number of hydrogen-bond donors (Lipinski definition) is 0. The summed E-state index contributed by atoms with van der Waals surface area (Å²) in [5.74, 6) is -0.0570. The number of ether oxygens (including phenoxy) is 1. The van der Waals surface area contributed by atoms with E-state index in [1.807, 2.05) is 13.8 Å². The molecule has 0 N–H and O–H groups in total. The van der Waals surface area contributed by atoms with E-state index in [0.29, 0.717) is 6.42 Å². The summed E-state index contributed by atoms with van der Waals surface area (Å²) >= 11 is 0. The average molecular weight is 321 g/mol. The molecule has 2 heteroatoms. The van der Waals surface area contributed by atoms with Gasteiger partial charge in [-0.1, -0.05) is 75.5 Å². The predicted molar refractivity (Wildman–Crippen MR) is 100 cm³/mol. The van der Waals surface area contributed by atoms with Gasteiger partial charge in [-0.25, -0.2) is 0 Å². The van der Waals surface area contributed by atoms with Crippen LogP contribution >= 0.6 is 0 Å². The van der Waals surface area contributed by atoms with Gasteiger partial charge in [0.2, 0.25) is 0 Å². The van der Waals surface area contributed by atoms with Crippen LogP contribution in [0.2, 0.25) is 0 Å². The third kappa shape index (κ3) is 18.6. The first-order chi connectivity index (χ1) is 11.2. The highest BCUT2D eigenvalue weighted by atomic mass is 16.5. The number of unbranched alkanes of at least 4 members (excludes halogenated alkanes) is 7. The monoisotopic (exact) mass is 320 g/mol. The molecule has 0 aromatic rings. The molecule has 0 aromatic carbocycles. The molecule has 0 fully saturated rings. The highest BCUT2D eigenvalue weighted by Crippen LogP contribution is 2.08. The zero-order chi connectivity index (χ0) is 17.2. The van der Waals surface area contributed by atoms with Crippen LogP contribution in [0, 0.1) is 0 Å². The normalized spacial score (nSPS) is 12.2. The molecule has 0 aliphatic heterocycles. The van der Waals surface area contributed by atoms with Crippen molar-refractivity contribution in [2.45, 2.75) is 91.1 Å². The largest absolute Gasteiger partial charge is 0.463 e. The number of rotatable bonds is 14. The minimum atomic E-state index is -0.0570. The van der Waals surface area contributed by atoms with Gasteiger partial charge in [-0.15, -0.1) is 0 Å². The Balaban J connectivity index is 3.35. The van der Waals surface area contributed by atoms with Gasteiger partial charge in [-0.2, -0.15) is 0 Å². The van der Waals surface area contributed by atoms with E-state index < -0.39 is 0 Å². The fourth-order valence-corrected chi connectivity index (χ4v) is 2.18. The van der Waals surface area contributed by atoms with E-state index in [2.05, 4.69) is 43.4 Å². The van der Waals surface area contributed by atoms with E-state index in [1.54, 1.807) is 0 Å². The van der Waals surface area contributed by atoms with E-state index in [4.69, 9.17) is 4.74 Å². The van der Waals surface area contributed by atoms with E-state index in [9.17, 15) is 4.79 Å². The average Bonchev–Trinajstić information content (AvgIpc) is 2.50. The molecule has 0 spiro atoms. The number of allylic oxidation sites excluding steroid dienone is 6. The minimum absolute atomic E-state index is 0.00941. The smallest absolute Gasteiger partial charge is 0.306 e. The van der Waals surface area contributed by atoms with Crippen molar-refractivity contribution in [2.24, 2.45) is 0 Å². The molecule has 132 valence electrons. The summed E-state index contributed by atoms with van der Waals surface area (Å²) in [4.78, 5) is 11.3. The molecular formula is C21H36O2. The lowest BCUT2D eigenvalue weighted by Gasteiger charge is -2.07. The molecule has 0 unspecified atom stereocenters. The summed E-state index contributed by atoms with van der Waals surface area (Å²) in [7, 11) is 0. The summed E-state index contributed by atoms with van der Waals surface area (Å²) < 4.78 is 5.11. The van der Waals surface area contributed by atoms with E-state index in [-0.39, 0.29) is 12.1 Å². The zero-order valence-corrected chi connectivity index (χ0v) is 15.4. The summed E-state index contributed by atoms with van der Waals surface area (Å²) in [6.45, 7) is 6.00. The highest BCUT2D eigenvalue weighted by molar-refractivity contribution is 5.69. The van der Waals surface area contributed by atoms with Crippen molar-refractivity contribution in [3.05, 3.63) is 36.5 Å². The van der Waals surface area contributed by atoms with Gasteiger partial charge in [0.1, 0.15) is 0 Å². The summed E-state index contributed by atoms with van der Waals surface area (Å²) in [5.41, 5.74) is 0. The van der Waals surface area contributed by atoms with Crippen molar-refractivity contribution in [1.82, 2.24) is 0 Å². The van der Waals surface area contributed by atoms with Gasteiger partial charge in [-0.05, 0) is 39.5 Å². The Bertz CT molecular complexity index is 351. The lowest BCUT2D eigenvalue weighted by molar-refractivity contribution is -0.147. The molecule has 0 atom stereocenters. The van der Waals surface area contributed by atoms with Crippen molar-refractivity contribution in [3.63, 3.8) is 0 Å². The number of esters is 1. The van der Waals surface area contributed by atoms with E-state index in [0.717, 1.165) is 19.3 Å². The van der Waals surface area contributed by atoms with Crippen LogP contribution in [0.3, 0.4) is 0 Å². The number of carbonyl (C=O) groups excluding carboxylic acids is 1. The molecule has 0 saturated carbocycles. The molecule has 0 saturated heterocycles. The van der Waals surface area contributed by atoms with Gasteiger partial charge in [0.25, 0.3) is 0 Å². The van der Waals surface area contributed by atoms with Crippen LogP contribution in [0.15, 0.2) is 36.5 Å². The highest BCUT2D eigenvalue weighted by Gasteiger charge is 2.04. The Labute approximate surface area is 143 Å². The molecule has 0 rings (SSSR count). The second-order valence-electron chi connectivity index (χ2n) is 6.23. The minimum Gasteiger partial charge on any atom is -0.463 e. The third-order valence-corrected chi connectivity index (χ3v) is 3.45. The molecule has 0 aromatic heterocycles. The third-order valence-electron chi connectivity index (χ3n) is 3.45. The standard InChI is InChI=1S/C21H36O2/c1-4-5-6-7-8-9-10-11-12-13-14-15-16-17-18-19-21(22)23-20(2)3/h7-12,20H,4-6,13-19H2,1-3H3/b8-7+,10-9+,12-11-. The quantitative estimate of drug-likeness (QED) is 0.207. The molecule has 0 aliphatic carbocycles. The van der Waals surface area contributed by atoms with Crippen molar-refractivity contribution in [1.29, 1.82) is 0 Å². The van der Waals surface area contributed by atoms with Crippen molar-refractivity contribution >= 4 is 5.97 Å². The zero-order valence-electron chi connectivity index (χ0n) is 15.4. The van der Waals surface area contributed by atoms with Crippen LogP contribution < -0.4 is 0 Å². The Hall–Kier alpha value is -1.31. The Morgan fingerprint density at radius 2 is 1.39 bits per heavy atom. The second kappa shape index (κ2) is 17.1. The molecule has 0 aliphatic rings. The maximum atomic E-state index is 11.3. The number of carbonyl (C=O) groups is 1. The molecule has 0 bridgehead atoms. The molecule has 2 nitrogen and oxygen atoms in total. The van der Waals surface area contributed by atoms with Crippen LogP contribution in [0.25, 0.3) is 0 Å². The van der Waals surface area contributed by atoms with Gasteiger partial charge < -0.3 is 4.74 Å². The van der Waals surface area contributed by atoms with Crippen LogP contribution in [0.1, 0.15) is 85.0 Å². The van der Waals surface area contributed by atoms with Gasteiger partial charge in [0, 0.05) is 6.42 Å². The van der Waals surface area contributed by atoms with E-state index >= 15 is 0 Å². The Morgan fingerprint density at radius 1 is 0.826 bits per heavy atom. The Morgan fingerprint density at radius 3 is 2.00 bits per heavy atom. The van der Waals surface area contributed by atoms with Crippen molar-refractivity contribution < 1.29 is 9.53 Å².